The number of rotatable bonds is 6. The van der Waals surface area contributed by atoms with Crippen LogP contribution in [0.4, 0.5) is 0 Å². The molecule has 0 aromatic heterocycles. The Labute approximate surface area is 92.2 Å². The van der Waals surface area contributed by atoms with Crippen molar-refractivity contribution >= 4 is 0 Å². The zero-order valence-corrected chi connectivity index (χ0v) is 9.88. The third kappa shape index (κ3) is 4.34. The van der Waals surface area contributed by atoms with Gasteiger partial charge in [-0.2, -0.15) is 0 Å². The molecule has 2 heteroatoms. The number of ether oxygens (including phenoxy) is 2. The van der Waals surface area contributed by atoms with Crippen LogP contribution in [0.25, 0.3) is 0 Å². The lowest BCUT2D eigenvalue weighted by molar-refractivity contribution is 0.130. The van der Waals surface area contributed by atoms with E-state index in [1.54, 1.807) is 0 Å². The summed E-state index contributed by atoms with van der Waals surface area (Å²) in [6.45, 7) is 8.44. The van der Waals surface area contributed by atoms with Crippen LogP contribution in [-0.4, -0.2) is 19.8 Å². The maximum absolute atomic E-state index is 5.68. The minimum absolute atomic E-state index is 0.726. The fraction of sp³-hybridized carbons (Fsp3) is 0.538. The van der Waals surface area contributed by atoms with Gasteiger partial charge in [0.2, 0.25) is 0 Å². The van der Waals surface area contributed by atoms with E-state index in [0.29, 0.717) is 0 Å². The van der Waals surface area contributed by atoms with Crippen LogP contribution < -0.4 is 4.74 Å². The van der Waals surface area contributed by atoms with E-state index in [0.717, 1.165) is 32.0 Å². The second-order valence-corrected chi connectivity index (χ2v) is 3.67. The Morgan fingerprint density at radius 2 is 1.93 bits per heavy atom. The van der Waals surface area contributed by atoms with Crippen LogP contribution in [0.15, 0.2) is 18.2 Å². The zero-order chi connectivity index (χ0) is 11.1. The molecule has 2 nitrogen and oxygen atoms in total. The van der Waals surface area contributed by atoms with Crippen molar-refractivity contribution in [2.75, 3.05) is 19.8 Å². The molecule has 0 bridgehead atoms. The largest absolute Gasteiger partial charge is 0.493 e. The average Bonchev–Trinajstić information content (AvgIpc) is 2.23. The normalized spacial score (nSPS) is 10.3. The molecule has 0 saturated heterocycles. The smallest absolute Gasteiger partial charge is 0.122 e. The molecule has 15 heavy (non-hydrogen) atoms. The molecule has 0 unspecified atom stereocenters. The van der Waals surface area contributed by atoms with Crippen molar-refractivity contribution in [3.8, 4) is 5.75 Å². The van der Waals surface area contributed by atoms with Gasteiger partial charge >= 0.3 is 0 Å². The van der Waals surface area contributed by atoms with Gasteiger partial charge in [-0.15, -0.1) is 0 Å². The Hall–Kier alpha value is -1.02. The molecule has 0 aliphatic rings. The third-order valence-electron chi connectivity index (χ3n) is 2.24. The third-order valence-corrected chi connectivity index (χ3v) is 2.24. The number of hydrogen-bond acceptors (Lipinski definition) is 2. The maximum atomic E-state index is 5.68. The van der Waals surface area contributed by atoms with Gasteiger partial charge in [0.1, 0.15) is 5.75 Å². The van der Waals surface area contributed by atoms with Crippen LogP contribution >= 0.6 is 0 Å². The van der Waals surface area contributed by atoms with Crippen LogP contribution in [0, 0.1) is 13.8 Å². The van der Waals surface area contributed by atoms with E-state index >= 15 is 0 Å². The van der Waals surface area contributed by atoms with Crippen molar-refractivity contribution < 1.29 is 9.47 Å². The van der Waals surface area contributed by atoms with E-state index in [-0.39, 0.29) is 0 Å². The molecule has 0 amide bonds. The van der Waals surface area contributed by atoms with E-state index in [1.807, 2.05) is 6.92 Å². The summed E-state index contributed by atoms with van der Waals surface area (Å²) in [6.07, 6.45) is 0.946. The summed E-state index contributed by atoms with van der Waals surface area (Å²) in [5.41, 5.74) is 2.43. The van der Waals surface area contributed by atoms with Crippen molar-refractivity contribution in [1.29, 1.82) is 0 Å². The minimum Gasteiger partial charge on any atom is -0.493 e. The van der Waals surface area contributed by atoms with Crippen LogP contribution in [0.1, 0.15) is 24.5 Å². The highest BCUT2D eigenvalue weighted by atomic mass is 16.5. The van der Waals surface area contributed by atoms with Gasteiger partial charge < -0.3 is 9.47 Å². The molecule has 0 N–H and O–H groups in total. The summed E-state index contributed by atoms with van der Waals surface area (Å²) < 4.78 is 10.9. The monoisotopic (exact) mass is 208 g/mol. The summed E-state index contributed by atoms with van der Waals surface area (Å²) in [6, 6.07) is 6.27. The van der Waals surface area contributed by atoms with E-state index in [9.17, 15) is 0 Å². The molecule has 1 rings (SSSR count). The molecule has 0 heterocycles. The Kier molecular flexibility index (Phi) is 5.19. The highest BCUT2D eigenvalue weighted by Gasteiger charge is 1.99. The van der Waals surface area contributed by atoms with E-state index in [4.69, 9.17) is 9.47 Å². The number of hydrogen-bond donors (Lipinski definition) is 0. The van der Waals surface area contributed by atoms with E-state index in [2.05, 4.69) is 32.0 Å². The second-order valence-electron chi connectivity index (χ2n) is 3.67. The molecule has 1 aromatic carbocycles. The minimum atomic E-state index is 0.726. The Morgan fingerprint density at radius 3 is 2.67 bits per heavy atom. The lowest BCUT2D eigenvalue weighted by Crippen LogP contribution is -2.03. The molecular weight excluding hydrogens is 188 g/mol. The summed E-state index contributed by atoms with van der Waals surface area (Å²) in [5.74, 6) is 0.992. The first kappa shape index (κ1) is 12.1. The van der Waals surface area contributed by atoms with Crippen molar-refractivity contribution in [3.05, 3.63) is 29.3 Å². The van der Waals surface area contributed by atoms with Crippen molar-refractivity contribution in [2.24, 2.45) is 0 Å². The number of aryl methyl sites for hydroxylation is 2. The predicted octanol–water partition coefficient (Wildman–Crippen LogP) is 3.11. The van der Waals surface area contributed by atoms with Crippen molar-refractivity contribution in [1.82, 2.24) is 0 Å². The molecule has 84 valence electrons. The zero-order valence-electron chi connectivity index (χ0n) is 9.88. The fourth-order valence-corrected chi connectivity index (χ4v) is 1.35. The summed E-state index contributed by atoms with van der Waals surface area (Å²) in [5, 5.41) is 0. The first-order valence-electron chi connectivity index (χ1n) is 5.52. The molecule has 0 aliphatic carbocycles. The van der Waals surface area contributed by atoms with Crippen molar-refractivity contribution in [2.45, 2.75) is 27.2 Å². The summed E-state index contributed by atoms with van der Waals surface area (Å²) >= 11 is 0. The Morgan fingerprint density at radius 1 is 1.13 bits per heavy atom. The van der Waals surface area contributed by atoms with Gasteiger partial charge in [-0.05, 0) is 38.0 Å². The van der Waals surface area contributed by atoms with Gasteiger partial charge in [-0.1, -0.05) is 12.1 Å². The van der Waals surface area contributed by atoms with E-state index < -0.39 is 0 Å². The highest BCUT2D eigenvalue weighted by Crippen LogP contribution is 2.18. The van der Waals surface area contributed by atoms with Gasteiger partial charge in [-0.25, -0.2) is 0 Å². The lowest BCUT2D eigenvalue weighted by Gasteiger charge is -2.09. The van der Waals surface area contributed by atoms with Gasteiger partial charge in [0, 0.05) is 19.6 Å². The van der Waals surface area contributed by atoms with Gasteiger partial charge in [0.15, 0.2) is 0 Å². The summed E-state index contributed by atoms with van der Waals surface area (Å²) in [7, 11) is 0. The van der Waals surface area contributed by atoms with E-state index in [1.165, 1.54) is 11.1 Å². The van der Waals surface area contributed by atoms with Crippen LogP contribution in [-0.2, 0) is 4.74 Å². The number of benzene rings is 1. The standard InChI is InChI=1S/C13H20O2/c1-4-14-8-5-9-15-13-10-11(2)6-7-12(13)3/h6-7,10H,4-5,8-9H2,1-3H3. The molecular formula is C13H20O2. The quantitative estimate of drug-likeness (QED) is 0.669. The fourth-order valence-electron chi connectivity index (χ4n) is 1.35. The molecule has 0 spiro atoms. The molecule has 0 fully saturated rings. The molecule has 0 radical (unpaired) electrons. The first-order chi connectivity index (χ1) is 7.24. The van der Waals surface area contributed by atoms with Crippen LogP contribution in [0.5, 0.6) is 5.75 Å². The van der Waals surface area contributed by atoms with Gasteiger partial charge in [0.25, 0.3) is 0 Å². The topological polar surface area (TPSA) is 18.5 Å². The van der Waals surface area contributed by atoms with Gasteiger partial charge in [0.05, 0.1) is 6.61 Å². The Balaban J connectivity index is 2.33. The predicted molar refractivity (Wildman–Crippen MR) is 62.5 cm³/mol. The van der Waals surface area contributed by atoms with Crippen LogP contribution in [0.2, 0.25) is 0 Å². The second kappa shape index (κ2) is 6.46. The van der Waals surface area contributed by atoms with Gasteiger partial charge in [-0.3, -0.25) is 0 Å². The Bertz CT molecular complexity index is 295. The lowest BCUT2D eigenvalue weighted by atomic mass is 10.1. The average molecular weight is 208 g/mol. The molecule has 0 atom stereocenters. The van der Waals surface area contributed by atoms with Crippen LogP contribution in [0.3, 0.4) is 0 Å². The maximum Gasteiger partial charge on any atom is 0.122 e. The highest BCUT2D eigenvalue weighted by molar-refractivity contribution is 5.35. The molecule has 0 aliphatic heterocycles. The SMILES string of the molecule is CCOCCCOc1cc(C)ccc1C. The van der Waals surface area contributed by atoms with Crippen molar-refractivity contribution in [3.63, 3.8) is 0 Å². The first-order valence-corrected chi connectivity index (χ1v) is 5.52. The summed E-state index contributed by atoms with van der Waals surface area (Å²) in [4.78, 5) is 0. The molecule has 1 aromatic rings. The molecule has 0 saturated carbocycles.